The molecule has 3 saturated heterocycles. The molecule has 1 aromatic carbocycles. The van der Waals surface area contributed by atoms with Crippen LogP contribution in [0.1, 0.15) is 81.1 Å². The normalized spacial score (nSPS) is 29.2. The van der Waals surface area contributed by atoms with E-state index in [0.29, 0.717) is 25.7 Å². The van der Waals surface area contributed by atoms with E-state index in [2.05, 4.69) is 65.8 Å². The molecule has 7 nitrogen and oxygen atoms in total. The lowest BCUT2D eigenvalue weighted by Gasteiger charge is -2.58. The first-order valence-corrected chi connectivity index (χ1v) is 12.0. The molecule has 184 valence electrons. The number of carbonyl (C=O) groups excluding carboxylic acids is 1. The third kappa shape index (κ3) is 4.07. The van der Waals surface area contributed by atoms with Crippen LogP contribution in [-0.2, 0) is 14.4 Å². The predicted molar refractivity (Wildman–Crippen MR) is 127 cm³/mol. The lowest BCUT2D eigenvalue weighted by Crippen LogP contribution is -2.69. The summed E-state index contributed by atoms with van der Waals surface area (Å²) in [4.78, 5) is 25.8. The number of rotatable bonds is 3. The lowest BCUT2D eigenvalue weighted by atomic mass is 9.72. The van der Waals surface area contributed by atoms with E-state index in [4.69, 9.17) is 14.4 Å². The van der Waals surface area contributed by atoms with Crippen LogP contribution in [0.3, 0.4) is 0 Å². The number of nitrogens with zero attached hydrogens (tertiary/aromatic N) is 2. The second-order valence-electron chi connectivity index (χ2n) is 12.7. The standard InChI is InChI=1S/C26H41N3O4/c1-21(2)15-25(16-22(3,4)28(21)31-9)20(30)27-26(33-25)17-23(5,6)29(24(7,8)18-26)32-19-13-11-10-12-14-19/h10-14H,15-18H2,1-9H3,(H,27,30). The number of para-hydroxylation sites is 1. The SMILES string of the molecule is CON1C(C)(C)CC2(CC1(C)C)OC1(CC(C)(C)N(Oc3ccccc3)C(C)(C)C1)NC2=O. The Morgan fingerprint density at radius 3 is 1.76 bits per heavy atom. The van der Waals surface area contributed by atoms with Crippen molar-refractivity contribution in [3.05, 3.63) is 30.3 Å². The van der Waals surface area contributed by atoms with Crippen molar-refractivity contribution < 1.29 is 19.2 Å². The predicted octanol–water partition coefficient (Wildman–Crippen LogP) is 4.43. The van der Waals surface area contributed by atoms with Crippen LogP contribution in [0.5, 0.6) is 5.75 Å². The van der Waals surface area contributed by atoms with E-state index in [1.165, 1.54) is 0 Å². The summed E-state index contributed by atoms with van der Waals surface area (Å²) < 4.78 is 6.94. The maximum atomic E-state index is 13.6. The minimum Gasteiger partial charge on any atom is -0.405 e. The molecule has 0 atom stereocenters. The molecule has 1 N–H and O–H groups in total. The summed E-state index contributed by atoms with van der Waals surface area (Å²) in [5.41, 5.74) is -3.12. The van der Waals surface area contributed by atoms with Gasteiger partial charge in [-0.3, -0.25) is 4.79 Å². The van der Waals surface area contributed by atoms with E-state index in [9.17, 15) is 4.79 Å². The first-order valence-electron chi connectivity index (χ1n) is 12.0. The highest BCUT2D eigenvalue weighted by atomic mass is 16.7. The quantitative estimate of drug-likeness (QED) is 0.722. The van der Waals surface area contributed by atoms with Gasteiger partial charge in [0.15, 0.2) is 5.60 Å². The van der Waals surface area contributed by atoms with Gasteiger partial charge in [-0.25, -0.2) is 0 Å². The Hall–Kier alpha value is -1.67. The molecule has 3 heterocycles. The molecule has 3 fully saturated rings. The smallest absolute Gasteiger partial charge is 0.254 e. The van der Waals surface area contributed by atoms with Crippen LogP contribution >= 0.6 is 0 Å². The van der Waals surface area contributed by atoms with E-state index in [-0.39, 0.29) is 28.1 Å². The molecule has 0 saturated carbocycles. The van der Waals surface area contributed by atoms with Crippen LogP contribution in [0.25, 0.3) is 0 Å². The topological polar surface area (TPSA) is 63.3 Å². The van der Waals surface area contributed by atoms with Gasteiger partial charge in [0, 0.05) is 36.8 Å². The van der Waals surface area contributed by atoms with Gasteiger partial charge in [0.25, 0.3) is 5.91 Å². The zero-order valence-electron chi connectivity index (χ0n) is 21.7. The minimum atomic E-state index is -0.892. The van der Waals surface area contributed by atoms with Crippen molar-refractivity contribution in [1.29, 1.82) is 0 Å². The van der Waals surface area contributed by atoms with E-state index >= 15 is 0 Å². The van der Waals surface area contributed by atoms with E-state index in [1.54, 1.807) is 7.11 Å². The number of hydroxylamine groups is 4. The Morgan fingerprint density at radius 2 is 1.27 bits per heavy atom. The highest BCUT2D eigenvalue weighted by Gasteiger charge is 2.67. The number of hydrogen-bond donors (Lipinski definition) is 1. The maximum Gasteiger partial charge on any atom is 0.254 e. The summed E-state index contributed by atoms with van der Waals surface area (Å²) in [6, 6.07) is 9.86. The molecule has 2 spiro atoms. The maximum absolute atomic E-state index is 13.6. The molecule has 1 aromatic rings. The molecule has 33 heavy (non-hydrogen) atoms. The van der Waals surface area contributed by atoms with Crippen molar-refractivity contribution >= 4 is 5.91 Å². The fourth-order valence-corrected chi connectivity index (χ4v) is 7.33. The fraction of sp³-hybridized carbons (Fsp3) is 0.731. The molecule has 3 aliphatic heterocycles. The van der Waals surface area contributed by atoms with Gasteiger partial charge in [0.1, 0.15) is 11.5 Å². The highest BCUT2D eigenvalue weighted by molar-refractivity contribution is 5.88. The molecular weight excluding hydrogens is 418 g/mol. The number of amides is 1. The second-order valence-corrected chi connectivity index (χ2v) is 12.7. The summed E-state index contributed by atoms with van der Waals surface area (Å²) in [7, 11) is 1.70. The number of benzene rings is 1. The fourth-order valence-electron chi connectivity index (χ4n) is 7.33. The molecule has 1 amide bonds. The van der Waals surface area contributed by atoms with Gasteiger partial charge in [-0.2, -0.15) is 5.06 Å². The lowest BCUT2D eigenvalue weighted by molar-refractivity contribution is -0.310. The first kappa shape index (κ1) is 24.5. The Bertz CT molecular complexity index is 873. The van der Waals surface area contributed by atoms with Crippen molar-refractivity contribution in [2.24, 2.45) is 0 Å². The van der Waals surface area contributed by atoms with Gasteiger partial charge in [-0.1, -0.05) is 18.2 Å². The van der Waals surface area contributed by atoms with Gasteiger partial charge in [0.05, 0.1) is 18.2 Å². The van der Waals surface area contributed by atoms with E-state index in [0.717, 1.165) is 5.75 Å². The minimum absolute atomic E-state index is 0.0107. The van der Waals surface area contributed by atoms with Crippen molar-refractivity contribution in [3.8, 4) is 5.75 Å². The zero-order valence-corrected chi connectivity index (χ0v) is 21.7. The van der Waals surface area contributed by atoms with Crippen LogP contribution in [0.4, 0.5) is 0 Å². The van der Waals surface area contributed by atoms with Crippen LogP contribution in [-0.4, -0.2) is 56.6 Å². The third-order valence-corrected chi connectivity index (χ3v) is 7.34. The van der Waals surface area contributed by atoms with Crippen molar-refractivity contribution in [2.45, 2.75) is 115 Å². The van der Waals surface area contributed by atoms with Crippen LogP contribution < -0.4 is 10.2 Å². The third-order valence-electron chi connectivity index (χ3n) is 7.34. The second kappa shape index (κ2) is 7.41. The van der Waals surface area contributed by atoms with Gasteiger partial charge < -0.3 is 19.7 Å². The number of nitrogens with one attached hydrogen (secondary N) is 1. The average molecular weight is 460 g/mol. The monoisotopic (exact) mass is 459 g/mol. The van der Waals surface area contributed by atoms with Crippen LogP contribution in [0.15, 0.2) is 30.3 Å². The van der Waals surface area contributed by atoms with Crippen LogP contribution in [0, 0.1) is 0 Å². The molecule has 0 aromatic heterocycles. The average Bonchev–Trinajstić information content (AvgIpc) is 2.85. The molecule has 7 heteroatoms. The Kier molecular flexibility index (Phi) is 5.49. The summed E-state index contributed by atoms with van der Waals surface area (Å²) >= 11 is 0. The van der Waals surface area contributed by atoms with Crippen molar-refractivity contribution in [3.63, 3.8) is 0 Å². The van der Waals surface area contributed by atoms with Gasteiger partial charge >= 0.3 is 0 Å². The Labute approximate surface area is 198 Å². The van der Waals surface area contributed by atoms with E-state index < -0.39 is 11.3 Å². The number of hydrogen-bond acceptors (Lipinski definition) is 6. The van der Waals surface area contributed by atoms with Gasteiger partial charge in [-0.05, 0) is 67.5 Å². The highest BCUT2D eigenvalue weighted by Crippen LogP contribution is 2.54. The molecule has 3 aliphatic rings. The molecule has 4 rings (SSSR count). The molecule has 0 unspecified atom stereocenters. The zero-order chi connectivity index (χ0) is 24.5. The first-order chi connectivity index (χ1) is 15.1. The Balaban J connectivity index is 1.64. The number of ether oxygens (including phenoxy) is 1. The molecule has 0 radical (unpaired) electrons. The summed E-state index contributed by atoms with van der Waals surface area (Å²) in [6.45, 7) is 17.1. The largest absolute Gasteiger partial charge is 0.405 e. The summed E-state index contributed by atoms with van der Waals surface area (Å²) in [6.07, 6.45) is 2.38. The number of piperidine rings is 2. The molecular formula is C26H41N3O4. The molecule has 0 aliphatic carbocycles. The van der Waals surface area contributed by atoms with Crippen LogP contribution in [0.2, 0.25) is 0 Å². The summed E-state index contributed by atoms with van der Waals surface area (Å²) in [5, 5.41) is 7.41. The van der Waals surface area contributed by atoms with Gasteiger partial charge in [-0.15, -0.1) is 5.06 Å². The summed E-state index contributed by atoms with van der Waals surface area (Å²) in [5.74, 6) is 0.793. The Morgan fingerprint density at radius 1 is 0.788 bits per heavy atom. The number of carbonyl (C=O) groups is 1. The van der Waals surface area contributed by atoms with Crippen molar-refractivity contribution in [1.82, 2.24) is 15.4 Å². The van der Waals surface area contributed by atoms with E-state index in [1.807, 2.05) is 35.4 Å². The molecule has 0 bridgehead atoms. The van der Waals surface area contributed by atoms with Crippen molar-refractivity contribution in [2.75, 3.05) is 7.11 Å². The van der Waals surface area contributed by atoms with Gasteiger partial charge in [0.2, 0.25) is 0 Å².